The number of hydrogen-bond donors (Lipinski definition) is 2. The Hall–Kier alpha value is -3.18. The van der Waals surface area contributed by atoms with E-state index in [1.165, 1.54) is 30.3 Å². The summed E-state index contributed by atoms with van der Waals surface area (Å²) in [5, 5.41) is 13.0. The normalized spacial score (nSPS) is 10.8. The largest absolute Gasteiger partial charge is 0.452 e. The van der Waals surface area contributed by atoms with Gasteiger partial charge in [-0.2, -0.15) is 0 Å². The fourth-order valence-electron chi connectivity index (χ4n) is 2.04. The van der Waals surface area contributed by atoms with Gasteiger partial charge in [-0.3, -0.25) is 19.6 Å². The second-order valence-corrected chi connectivity index (χ2v) is 7.66. The van der Waals surface area contributed by atoms with Crippen LogP contribution in [0.4, 0.5) is 17.1 Å². The number of carbonyl (C=O) groups excluding carboxylic acids is 2. The van der Waals surface area contributed by atoms with E-state index in [1.807, 2.05) is 0 Å². The number of nitrogens with zero attached hydrogens (tertiary/aromatic N) is 1. The summed E-state index contributed by atoms with van der Waals surface area (Å²) in [6.45, 7) is -0.643. The lowest BCUT2D eigenvalue weighted by atomic mass is 10.2. The number of amides is 1. The maximum absolute atomic E-state index is 12.0. The fraction of sp³-hybridized carbons (Fsp3) is 0.125. The Morgan fingerprint density at radius 2 is 1.93 bits per heavy atom. The third-order valence-electron chi connectivity index (χ3n) is 3.17. The Labute approximate surface area is 164 Å². The first-order valence-corrected chi connectivity index (χ1v) is 9.81. The molecule has 0 fully saturated rings. The Kier molecular flexibility index (Phi) is 6.54. The molecule has 0 saturated heterocycles. The summed E-state index contributed by atoms with van der Waals surface area (Å²) in [6, 6.07) is 9.02. The van der Waals surface area contributed by atoms with E-state index < -0.39 is 33.4 Å². The molecule has 10 nitrogen and oxygen atoms in total. The molecule has 148 valence electrons. The number of ether oxygens (including phenoxy) is 1. The van der Waals surface area contributed by atoms with Gasteiger partial charge >= 0.3 is 5.97 Å². The van der Waals surface area contributed by atoms with E-state index in [-0.39, 0.29) is 27.6 Å². The molecule has 0 spiro atoms. The quantitative estimate of drug-likeness (QED) is 0.392. The Bertz CT molecular complexity index is 1040. The van der Waals surface area contributed by atoms with Gasteiger partial charge in [0.15, 0.2) is 6.61 Å². The highest BCUT2D eigenvalue weighted by atomic mass is 35.5. The van der Waals surface area contributed by atoms with Crippen LogP contribution in [0.15, 0.2) is 42.5 Å². The highest BCUT2D eigenvalue weighted by Gasteiger charge is 2.14. The number of hydrogen-bond acceptors (Lipinski definition) is 7. The van der Waals surface area contributed by atoms with E-state index in [1.54, 1.807) is 0 Å². The van der Waals surface area contributed by atoms with Crippen LogP contribution >= 0.6 is 11.6 Å². The average Bonchev–Trinajstić information content (AvgIpc) is 2.60. The number of rotatable bonds is 7. The molecule has 0 bridgehead atoms. The number of non-ortho nitro benzene ring substituents is 1. The first-order chi connectivity index (χ1) is 13.0. The molecule has 0 aliphatic rings. The summed E-state index contributed by atoms with van der Waals surface area (Å²) in [6.07, 6.45) is 0.964. The van der Waals surface area contributed by atoms with Crippen molar-refractivity contribution < 1.29 is 27.7 Å². The van der Waals surface area contributed by atoms with E-state index in [0.717, 1.165) is 18.4 Å². The van der Waals surface area contributed by atoms with Gasteiger partial charge in [0.1, 0.15) is 0 Å². The van der Waals surface area contributed by atoms with Gasteiger partial charge in [-0.25, -0.2) is 13.2 Å². The van der Waals surface area contributed by atoms with Crippen LogP contribution in [0.2, 0.25) is 5.02 Å². The van der Waals surface area contributed by atoms with Crippen molar-refractivity contribution in [3.63, 3.8) is 0 Å². The summed E-state index contributed by atoms with van der Waals surface area (Å²) in [7, 11) is -3.51. The second kappa shape index (κ2) is 8.67. The number of benzene rings is 2. The lowest BCUT2D eigenvalue weighted by molar-refractivity contribution is -0.384. The Balaban J connectivity index is 1.97. The smallest absolute Gasteiger partial charge is 0.338 e. The van der Waals surface area contributed by atoms with E-state index in [9.17, 15) is 28.1 Å². The average molecular weight is 428 g/mol. The molecule has 2 aromatic rings. The summed E-state index contributed by atoms with van der Waals surface area (Å²) < 4.78 is 29.5. The summed E-state index contributed by atoms with van der Waals surface area (Å²) in [4.78, 5) is 34.0. The van der Waals surface area contributed by atoms with Crippen molar-refractivity contribution in [1.82, 2.24) is 0 Å². The van der Waals surface area contributed by atoms with Crippen molar-refractivity contribution in [2.24, 2.45) is 0 Å². The van der Waals surface area contributed by atoms with Crippen molar-refractivity contribution in [2.75, 3.05) is 22.9 Å². The predicted octanol–water partition coefficient (Wildman–Crippen LogP) is 2.42. The SMILES string of the molecule is CS(=O)(=O)Nc1cccc(C(=O)OCC(=O)Nc2ccc([N+](=O)[O-])cc2Cl)c1. The third kappa shape index (κ3) is 6.21. The standard InChI is InChI=1S/C16H14ClN3O7S/c1-28(25,26)19-11-4-2-3-10(7-11)16(22)27-9-15(21)18-14-6-5-12(20(23)24)8-13(14)17/h2-8,19H,9H2,1H3,(H,18,21). The molecule has 0 aliphatic heterocycles. The van der Waals surface area contributed by atoms with Gasteiger partial charge in [0.05, 0.1) is 27.5 Å². The number of carbonyl (C=O) groups is 2. The van der Waals surface area contributed by atoms with Gasteiger partial charge in [-0.15, -0.1) is 0 Å². The van der Waals surface area contributed by atoms with Gasteiger partial charge in [-0.05, 0) is 24.3 Å². The van der Waals surface area contributed by atoms with E-state index in [4.69, 9.17) is 16.3 Å². The maximum Gasteiger partial charge on any atom is 0.338 e. The fourth-order valence-corrected chi connectivity index (χ4v) is 2.82. The van der Waals surface area contributed by atoms with E-state index >= 15 is 0 Å². The zero-order valence-corrected chi connectivity index (χ0v) is 15.9. The minimum absolute atomic E-state index is 0.0369. The topological polar surface area (TPSA) is 145 Å². The first kappa shape index (κ1) is 21.1. The molecule has 2 N–H and O–H groups in total. The molecular weight excluding hydrogens is 414 g/mol. The molecular formula is C16H14ClN3O7S. The third-order valence-corrected chi connectivity index (χ3v) is 4.09. The zero-order valence-electron chi connectivity index (χ0n) is 14.3. The van der Waals surface area contributed by atoms with Crippen molar-refractivity contribution in [1.29, 1.82) is 0 Å². The Morgan fingerprint density at radius 3 is 2.54 bits per heavy atom. The molecule has 28 heavy (non-hydrogen) atoms. The number of halogens is 1. The second-order valence-electron chi connectivity index (χ2n) is 5.50. The van der Waals surface area contributed by atoms with Crippen molar-refractivity contribution in [2.45, 2.75) is 0 Å². The number of nitro benzene ring substituents is 1. The van der Waals surface area contributed by atoms with Crippen LogP contribution in [0, 0.1) is 10.1 Å². The highest BCUT2D eigenvalue weighted by Crippen LogP contribution is 2.26. The molecule has 0 aliphatic carbocycles. The summed E-state index contributed by atoms with van der Waals surface area (Å²) in [5.41, 5.74) is 0.0820. The van der Waals surface area contributed by atoms with Crippen molar-refractivity contribution in [3.05, 3.63) is 63.2 Å². The molecule has 2 rings (SSSR count). The number of nitro groups is 1. The minimum Gasteiger partial charge on any atom is -0.452 e. The van der Waals surface area contributed by atoms with E-state index in [2.05, 4.69) is 10.0 Å². The van der Waals surface area contributed by atoms with Crippen LogP contribution in [-0.4, -0.2) is 38.1 Å². The minimum atomic E-state index is -3.51. The number of anilines is 2. The first-order valence-electron chi connectivity index (χ1n) is 7.54. The molecule has 12 heteroatoms. The Morgan fingerprint density at radius 1 is 1.21 bits per heavy atom. The van der Waals surface area contributed by atoms with Crippen LogP contribution in [-0.2, 0) is 19.6 Å². The lowest BCUT2D eigenvalue weighted by Crippen LogP contribution is -2.21. The van der Waals surface area contributed by atoms with Crippen LogP contribution < -0.4 is 10.0 Å². The number of nitrogens with one attached hydrogen (secondary N) is 2. The predicted molar refractivity (Wildman–Crippen MR) is 102 cm³/mol. The zero-order chi connectivity index (χ0) is 20.9. The molecule has 0 radical (unpaired) electrons. The monoisotopic (exact) mass is 427 g/mol. The highest BCUT2D eigenvalue weighted by molar-refractivity contribution is 7.92. The summed E-state index contributed by atoms with van der Waals surface area (Å²) >= 11 is 5.86. The molecule has 2 aromatic carbocycles. The molecule has 0 atom stereocenters. The van der Waals surface area contributed by atoms with Gasteiger partial charge in [-0.1, -0.05) is 17.7 Å². The maximum atomic E-state index is 12.0. The van der Waals surface area contributed by atoms with Crippen LogP contribution in [0.25, 0.3) is 0 Å². The number of esters is 1. The van der Waals surface area contributed by atoms with Gasteiger partial charge in [0.2, 0.25) is 10.0 Å². The van der Waals surface area contributed by atoms with Gasteiger partial charge in [0.25, 0.3) is 11.6 Å². The van der Waals surface area contributed by atoms with Crippen LogP contribution in [0.1, 0.15) is 10.4 Å². The molecule has 0 saturated carbocycles. The van der Waals surface area contributed by atoms with Crippen molar-refractivity contribution in [3.8, 4) is 0 Å². The lowest BCUT2D eigenvalue weighted by Gasteiger charge is -2.09. The van der Waals surface area contributed by atoms with E-state index in [0.29, 0.717) is 0 Å². The molecule has 1 amide bonds. The van der Waals surface area contributed by atoms with Crippen LogP contribution in [0.5, 0.6) is 0 Å². The molecule has 0 heterocycles. The van der Waals surface area contributed by atoms with Gasteiger partial charge in [0, 0.05) is 17.8 Å². The molecule has 0 unspecified atom stereocenters. The summed E-state index contributed by atoms with van der Waals surface area (Å²) in [5.74, 6) is -1.56. The van der Waals surface area contributed by atoms with Gasteiger partial charge < -0.3 is 10.1 Å². The number of sulfonamides is 1. The van der Waals surface area contributed by atoms with Crippen LogP contribution in [0.3, 0.4) is 0 Å². The van der Waals surface area contributed by atoms with Crippen molar-refractivity contribution >= 4 is 50.6 Å². The molecule has 0 aromatic heterocycles.